The Bertz CT molecular complexity index is 848. The Hall–Kier alpha value is -2.99. The molecule has 0 aliphatic carbocycles. The van der Waals surface area contributed by atoms with Gasteiger partial charge in [0.1, 0.15) is 12.3 Å². The molecular formula is C19H18ClNO5. The third-order valence-electron chi connectivity index (χ3n) is 3.38. The summed E-state index contributed by atoms with van der Waals surface area (Å²) in [5.74, 6) is -0.789. The number of carbonyl (C=O) groups excluding carboxylic acids is 1. The molecule has 0 saturated carbocycles. The maximum atomic E-state index is 11.2. The van der Waals surface area contributed by atoms with Crippen LogP contribution in [-0.4, -0.2) is 24.1 Å². The number of nitrogens with one attached hydrogen (secondary N) is 1. The van der Waals surface area contributed by atoms with Gasteiger partial charge in [-0.3, -0.25) is 4.79 Å². The van der Waals surface area contributed by atoms with Crippen molar-refractivity contribution in [3.63, 3.8) is 0 Å². The van der Waals surface area contributed by atoms with Gasteiger partial charge in [-0.15, -0.1) is 0 Å². The molecule has 2 rings (SSSR count). The number of ether oxygens (including phenoxy) is 2. The Morgan fingerprint density at radius 2 is 1.92 bits per heavy atom. The standard InChI is InChI=1S/C19H18ClNO5/c1-12(22)21-16(19(23)24)9-13-7-8-17(18(10-13)25-2)26-11-14-5-3-4-6-15(14)20/h3-10H,11H2,1-2H3,(H,21,22)(H,23,24)/b16-9+. The number of rotatable bonds is 7. The molecule has 0 aliphatic heterocycles. The monoisotopic (exact) mass is 375 g/mol. The fraction of sp³-hybridized carbons (Fsp3) is 0.158. The fourth-order valence-corrected chi connectivity index (χ4v) is 2.36. The number of carboxylic acid groups (broad SMARTS) is 1. The lowest BCUT2D eigenvalue weighted by Crippen LogP contribution is -2.24. The normalized spacial score (nSPS) is 11.0. The molecule has 2 aromatic carbocycles. The molecule has 0 heterocycles. The zero-order valence-electron chi connectivity index (χ0n) is 14.3. The largest absolute Gasteiger partial charge is 0.493 e. The van der Waals surface area contributed by atoms with E-state index in [4.69, 9.17) is 26.2 Å². The van der Waals surface area contributed by atoms with E-state index in [1.165, 1.54) is 20.1 Å². The smallest absolute Gasteiger partial charge is 0.352 e. The Morgan fingerprint density at radius 3 is 2.54 bits per heavy atom. The average Bonchev–Trinajstić information content (AvgIpc) is 2.60. The summed E-state index contributed by atoms with van der Waals surface area (Å²) < 4.78 is 11.1. The van der Waals surface area contributed by atoms with Crippen molar-refractivity contribution in [2.45, 2.75) is 13.5 Å². The quantitative estimate of drug-likeness (QED) is 0.723. The topological polar surface area (TPSA) is 84.9 Å². The molecule has 136 valence electrons. The zero-order chi connectivity index (χ0) is 19.1. The Labute approximate surface area is 156 Å². The average molecular weight is 376 g/mol. The number of aliphatic carboxylic acids is 1. The molecule has 7 heteroatoms. The van der Waals surface area contributed by atoms with Gasteiger partial charge >= 0.3 is 5.97 Å². The molecule has 0 unspecified atom stereocenters. The van der Waals surface area contributed by atoms with Gasteiger partial charge < -0.3 is 19.9 Å². The summed E-state index contributed by atoms with van der Waals surface area (Å²) in [4.78, 5) is 22.3. The summed E-state index contributed by atoms with van der Waals surface area (Å²) in [5.41, 5.74) is 1.14. The second kappa shape index (κ2) is 8.92. The van der Waals surface area contributed by atoms with E-state index in [1.54, 1.807) is 24.3 Å². The van der Waals surface area contributed by atoms with Crippen molar-refractivity contribution in [3.05, 3.63) is 64.3 Å². The molecule has 0 saturated heterocycles. The third-order valence-corrected chi connectivity index (χ3v) is 3.75. The van der Waals surface area contributed by atoms with Gasteiger partial charge in [0.2, 0.25) is 5.91 Å². The Morgan fingerprint density at radius 1 is 1.19 bits per heavy atom. The second-order valence-electron chi connectivity index (χ2n) is 5.33. The number of hydrogen-bond donors (Lipinski definition) is 2. The minimum atomic E-state index is -1.24. The first kappa shape index (κ1) is 19.3. The van der Waals surface area contributed by atoms with Crippen LogP contribution in [0.3, 0.4) is 0 Å². The van der Waals surface area contributed by atoms with E-state index in [0.29, 0.717) is 22.1 Å². The minimum absolute atomic E-state index is 0.232. The number of amides is 1. The molecule has 0 radical (unpaired) electrons. The lowest BCUT2D eigenvalue weighted by Gasteiger charge is -2.12. The van der Waals surface area contributed by atoms with Gasteiger partial charge in [0.25, 0.3) is 0 Å². The van der Waals surface area contributed by atoms with E-state index >= 15 is 0 Å². The number of benzene rings is 2. The second-order valence-corrected chi connectivity index (χ2v) is 5.74. The third kappa shape index (κ3) is 5.26. The number of hydrogen-bond acceptors (Lipinski definition) is 4. The first-order valence-corrected chi connectivity index (χ1v) is 8.05. The van der Waals surface area contributed by atoms with Gasteiger partial charge in [0, 0.05) is 17.5 Å². The SMILES string of the molecule is COc1cc(/C=C(/NC(C)=O)C(=O)O)ccc1OCc1ccccc1Cl. The van der Waals surface area contributed by atoms with Crippen LogP contribution in [-0.2, 0) is 16.2 Å². The summed E-state index contributed by atoms with van der Waals surface area (Å²) in [7, 11) is 1.48. The van der Waals surface area contributed by atoms with Crippen molar-refractivity contribution in [2.24, 2.45) is 0 Å². The predicted molar refractivity (Wildman–Crippen MR) is 98.2 cm³/mol. The lowest BCUT2D eigenvalue weighted by atomic mass is 10.1. The van der Waals surface area contributed by atoms with Crippen LogP contribution < -0.4 is 14.8 Å². The summed E-state index contributed by atoms with van der Waals surface area (Å²) in [6, 6.07) is 12.3. The van der Waals surface area contributed by atoms with E-state index in [0.717, 1.165) is 5.56 Å². The molecule has 6 nitrogen and oxygen atoms in total. The molecule has 1 amide bonds. The molecule has 0 aromatic heterocycles. The first-order chi connectivity index (χ1) is 12.4. The molecule has 0 bridgehead atoms. The highest BCUT2D eigenvalue weighted by molar-refractivity contribution is 6.31. The lowest BCUT2D eigenvalue weighted by molar-refractivity contribution is -0.134. The summed E-state index contributed by atoms with van der Waals surface area (Å²) in [6.07, 6.45) is 1.34. The maximum Gasteiger partial charge on any atom is 0.352 e. The van der Waals surface area contributed by atoms with Gasteiger partial charge in [-0.05, 0) is 29.8 Å². The Balaban J connectivity index is 2.22. The molecule has 0 fully saturated rings. The van der Waals surface area contributed by atoms with Crippen molar-refractivity contribution in [3.8, 4) is 11.5 Å². The van der Waals surface area contributed by atoms with E-state index in [2.05, 4.69) is 5.32 Å². The summed E-state index contributed by atoms with van der Waals surface area (Å²) in [5, 5.41) is 12.0. The van der Waals surface area contributed by atoms with E-state index in [-0.39, 0.29) is 12.3 Å². The van der Waals surface area contributed by atoms with Crippen molar-refractivity contribution >= 4 is 29.6 Å². The molecule has 0 spiro atoms. The summed E-state index contributed by atoms with van der Waals surface area (Å²) in [6.45, 7) is 1.50. The molecule has 0 atom stereocenters. The summed E-state index contributed by atoms with van der Waals surface area (Å²) >= 11 is 6.11. The molecule has 2 N–H and O–H groups in total. The van der Waals surface area contributed by atoms with Gasteiger partial charge in [0.15, 0.2) is 11.5 Å². The number of carboxylic acids is 1. The molecule has 2 aromatic rings. The van der Waals surface area contributed by atoms with Crippen LogP contribution in [0.15, 0.2) is 48.2 Å². The van der Waals surface area contributed by atoms with Crippen LogP contribution in [0.1, 0.15) is 18.1 Å². The van der Waals surface area contributed by atoms with Crippen LogP contribution >= 0.6 is 11.6 Å². The predicted octanol–water partition coefficient (Wildman–Crippen LogP) is 3.49. The number of methoxy groups -OCH3 is 1. The molecule has 26 heavy (non-hydrogen) atoms. The van der Waals surface area contributed by atoms with Gasteiger partial charge in [-0.25, -0.2) is 4.79 Å². The van der Waals surface area contributed by atoms with Crippen LogP contribution in [0.4, 0.5) is 0 Å². The highest BCUT2D eigenvalue weighted by atomic mass is 35.5. The van der Waals surface area contributed by atoms with Crippen LogP contribution in [0.25, 0.3) is 6.08 Å². The number of halogens is 1. The maximum absolute atomic E-state index is 11.2. The van der Waals surface area contributed by atoms with Gasteiger partial charge in [-0.1, -0.05) is 35.9 Å². The van der Waals surface area contributed by atoms with Crippen molar-refractivity contribution in [1.82, 2.24) is 5.32 Å². The van der Waals surface area contributed by atoms with E-state index in [1.807, 2.05) is 18.2 Å². The minimum Gasteiger partial charge on any atom is -0.493 e. The zero-order valence-corrected chi connectivity index (χ0v) is 15.0. The number of carbonyl (C=O) groups is 2. The van der Waals surface area contributed by atoms with E-state index < -0.39 is 11.9 Å². The van der Waals surface area contributed by atoms with Gasteiger partial charge in [-0.2, -0.15) is 0 Å². The first-order valence-electron chi connectivity index (χ1n) is 7.67. The van der Waals surface area contributed by atoms with Gasteiger partial charge in [0.05, 0.1) is 7.11 Å². The molecular weight excluding hydrogens is 358 g/mol. The fourth-order valence-electron chi connectivity index (χ4n) is 2.17. The van der Waals surface area contributed by atoms with Crippen molar-refractivity contribution < 1.29 is 24.2 Å². The van der Waals surface area contributed by atoms with Crippen LogP contribution in [0.5, 0.6) is 11.5 Å². The highest BCUT2D eigenvalue weighted by Gasteiger charge is 2.11. The van der Waals surface area contributed by atoms with E-state index in [9.17, 15) is 9.59 Å². The van der Waals surface area contributed by atoms with Crippen molar-refractivity contribution in [1.29, 1.82) is 0 Å². The Kier molecular flexibility index (Phi) is 6.63. The van der Waals surface area contributed by atoms with Crippen LogP contribution in [0.2, 0.25) is 5.02 Å². The van der Waals surface area contributed by atoms with Crippen LogP contribution in [0, 0.1) is 0 Å². The van der Waals surface area contributed by atoms with Crippen molar-refractivity contribution in [2.75, 3.05) is 7.11 Å². The highest BCUT2D eigenvalue weighted by Crippen LogP contribution is 2.30. The molecule has 0 aliphatic rings.